The molecule has 0 radical (unpaired) electrons. The quantitative estimate of drug-likeness (QED) is 0.623. The first-order chi connectivity index (χ1) is 11.3. The van der Waals surface area contributed by atoms with E-state index in [4.69, 9.17) is 16.3 Å². The van der Waals surface area contributed by atoms with Crippen LogP contribution < -0.4 is 14.5 Å². The molecule has 0 aromatic heterocycles. The van der Waals surface area contributed by atoms with Crippen molar-refractivity contribution < 1.29 is 32.7 Å². The molecule has 0 unspecified atom stereocenters. The van der Waals surface area contributed by atoms with Gasteiger partial charge >= 0.3 is 5.57 Å². The first kappa shape index (κ1) is 17.1. The van der Waals surface area contributed by atoms with E-state index >= 15 is 0 Å². The number of carbonyl (C=O) groups is 2. The van der Waals surface area contributed by atoms with Gasteiger partial charge in [0.05, 0.1) is 25.3 Å². The van der Waals surface area contributed by atoms with Crippen molar-refractivity contribution in [1.82, 2.24) is 0 Å². The van der Waals surface area contributed by atoms with Crippen molar-refractivity contribution in [3.63, 3.8) is 0 Å². The van der Waals surface area contributed by atoms with E-state index in [-0.39, 0.29) is 24.0 Å². The molecule has 2 amide bonds. The predicted octanol–water partition coefficient (Wildman–Crippen LogP) is 0.402. The molecule has 6 nitrogen and oxygen atoms in total. The maximum atomic E-state index is 12.6. The van der Waals surface area contributed by atoms with Gasteiger partial charge in [0.1, 0.15) is 18.8 Å². The van der Waals surface area contributed by atoms with Crippen molar-refractivity contribution in [3.05, 3.63) is 24.3 Å². The summed E-state index contributed by atoms with van der Waals surface area (Å²) >= 11 is 4.70. The van der Waals surface area contributed by atoms with E-state index < -0.39 is 11.6 Å². The fourth-order valence-electron chi connectivity index (χ4n) is 3.00. The van der Waals surface area contributed by atoms with Crippen LogP contribution in [0.5, 0.6) is 5.75 Å². The van der Waals surface area contributed by atoms with Crippen LogP contribution in [0.3, 0.4) is 0 Å². The summed E-state index contributed by atoms with van der Waals surface area (Å²) in [4.78, 5) is 27.0. The first-order valence-corrected chi connectivity index (χ1v) is 7.88. The Morgan fingerprint density at radius 1 is 1.21 bits per heavy atom. The average Bonchev–Trinajstić information content (AvgIpc) is 2.83. The van der Waals surface area contributed by atoms with Crippen LogP contribution in [0.1, 0.15) is 6.42 Å². The molecule has 9 heteroatoms. The van der Waals surface area contributed by atoms with E-state index in [2.05, 4.69) is 4.74 Å². The molecule has 1 aromatic rings. The fraction of sp³-hybridized carbons (Fsp3) is 0.467. The van der Waals surface area contributed by atoms with Gasteiger partial charge in [-0.3, -0.25) is 9.59 Å². The number of quaternary nitrogens is 1. The maximum Gasteiger partial charge on any atom is 0.487 e. The van der Waals surface area contributed by atoms with Crippen molar-refractivity contribution in [1.29, 1.82) is 0 Å². The number of anilines is 1. The number of benzene rings is 1. The molecule has 0 aliphatic carbocycles. The zero-order chi connectivity index (χ0) is 17.3. The molecule has 1 N–H and O–H groups in total. The Bertz CT molecular complexity index is 629. The third kappa shape index (κ3) is 3.66. The fourth-order valence-corrected chi connectivity index (χ4v) is 3.09. The summed E-state index contributed by atoms with van der Waals surface area (Å²) in [6.07, 6.45) is 0.131. The number of carbonyl (C=O) groups excluding carboxylic acids is 2. The number of hydrogen-bond donors (Lipinski definition) is 1. The smallest absolute Gasteiger partial charge is 0.420 e. The Labute approximate surface area is 141 Å². The summed E-state index contributed by atoms with van der Waals surface area (Å²) in [5.41, 5.74) is -3.49. The van der Waals surface area contributed by atoms with Crippen LogP contribution in [0.15, 0.2) is 24.3 Å². The maximum absolute atomic E-state index is 12.6. The lowest BCUT2D eigenvalue weighted by atomic mass is 10.2. The number of nitrogens with zero attached hydrogens (tertiary/aromatic N) is 1. The van der Waals surface area contributed by atoms with Crippen LogP contribution >= 0.6 is 11.6 Å². The number of hydrogen-bond acceptors (Lipinski definition) is 4. The molecule has 0 spiro atoms. The van der Waals surface area contributed by atoms with Crippen LogP contribution in [0.4, 0.5) is 14.5 Å². The van der Waals surface area contributed by atoms with Crippen LogP contribution in [0, 0.1) is 0 Å². The number of rotatable bonds is 4. The molecule has 24 heavy (non-hydrogen) atoms. The summed E-state index contributed by atoms with van der Waals surface area (Å²) < 4.78 is 34.7. The first-order valence-electron chi connectivity index (χ1n) is 7.50. The van der Waals surface area contributed by atoms with Crippen LogP contribution in [0.25, 0.3) is 0 Å². The van der Waals surface area contributed by atoms with E-state index in [1.54, 1.807) is 0 Å². The monoisotopic (exact) mass is 361 g/mol. The van der Waals surface area contributed by atoms with Gasteiger partial charge in [-0.25, -0.2) is 4.90 Å². The van der Waals surface area contributed by atoms with Crippen molar-refractivity contribution in [2.75, 3.05) is 31.2 Å². The summed E-state index contributed by atoms with van der Waals surface area (Å²) in [5.74, 6) is -0.748. The van der Waals surface area contributed by atoms with Crippen LogP contribution in [0.2, 0.25) is 0 Å². The highest BCUT2D eigenvalue weighted by Gasteiger charge is 2.46. The third-order valence-corrected chi connectivity index (χ3v) is 4.18. The van der Waals surface area contributed by atoms with Crippen molar-refractivity contribution >= 4 is 29.1 Å². The number of nitrogens with one attached hydrogen (secondary N) is 1. The molecule has 0 saturated carbocycles. The minimum Gasteiger partial charge on any atom is -0.420 e. The molecule has 130 valence electrons. The number of morpholine rings is 1. The number of imide groups is 1. The van der Waals surface area contributed by atoms with Crippen LogP contribution in [-0.4, -0.2) is 49.7 Å². The normalized spacial score (nSPS) is 23.0. The van der Waals surface area contributed by atoms with Gasteiger partial charge in [0.2, 0.25) is 5.91 Å². The Morgan fingerprint density at radius 2 is 1.83 bits per heavy atom. The summed E-state index contributed by atoms with van der Waals surface area (Å²) in [6.45, 7) is 2.47. The Hall–Kier alpha value is -1.77. The molecule has 2 saturated heterocycles. The summed E-state index contributed by atoms with van der Waals surface area (Å²) in [7, 11) is 0. The minimum absolute atomic E-state index is 0.131. The second-order valence-electron chi connectivity index (χ2n) is 5.64. The van der Waals surface area contributed by atoms with Gasteiger partial charge in [0.15, 0.2) is 6.04 Å². The minimum atomic E-state index is -3.81. The molecule has 2 aliphatic heterocycles. The number of ether oxygens (including phenoxy) is 2. The van der Waals surface area contributed by atoms with E-state index in [1.165, 1.54) is 24.3 Å². The zero-order valence-corrected chi connectivity index (χ0v) is 13.4. The van der Waals surface area contributed by atoms with Gasteiger partial charge in [-0.15, -0.1) is 8.78 Å². The second-order valence-corrected chi connectivity index (χ2v) is 6.08. The topological polar surface area (TPSA) is 60.3 Å². The van der Waals surface area contributed by atoms with Crippen LogP contribution in [-0.2, 0) is 14.3 Å². The molecule has 1 atom stereocenters. The molecule has 2 fully saturated rings. The van der Waals surface area contributed by atoms with E-state index in [1.807, 2.05) is 0 Å². The van der Waals surface area contributed by atoms with Gasteiger partial charge < -0.3 is 14.4 Å². The molecule has 0 bridgehead atoms. The molecule has 2 heterocycles. The molecule has 2 aliphatic rings. The standard InChI is InChI=1S/C15H15ClF2N2O4/c16-15(17,18)24-11-3-1-10(2-4-11)20-13(21)9-12(14(20)22)19-5-7-23-8-6-19/h1-4,12H,5-9H2/p+1/t12-/m0/s1. The lowest BCUT2D eigenvalue weighted by Gasteiger charge is -2.27. The average molecular weight is 362 g/mol. The van der Waals surface area contributed by atoms with Gasteiger partial charge in [-0.2, -0.15) is 0 Å². The third-order valence-electron chi connectivity index (χ3n) is 4.10. The van der Waals surface area contributed by atoms with E-state index in [0.29, 0.717) is 32.0 Å². The van der Waals surface area contributed by atoms with Gasteiger partial charge in [0.25, 0.3) is 5.91 Å². The SMILES string of the molecule is O=C1C[C@H]([NH+]2CCOCC2)C(=O)N1c1ccc(OC(F)(F)Cl)cc1. The highest BCUT2D eigenvalue weighted by Crippen LogP contribution is 2.28. The Morgan fingerprint density at radius 3 is 2.42 bits per heavy atom. The molecular formula is C15H16ClF2N2O4+. The molecular weight excluding hydrogens is 346 g/mol. The Balaban J connectivity index is 1.74. The van der Waals surface area contributed by atoms with Gasteiger partial charge in [-0.05, 0) is 24.3 Å². The lowest BCUT2D eigenvalue weighted by Crippen LogP contribution is -3.18. The summed E-state index contributed by atoms with van der Waals surface area (Å²) in [6, 6.07) is 4.81. The number of alkyl halides is 3. The largest absolute Gasteiger partial charge is 0.487 e. The van der Waals surface area contributed by atoms with Crippen molar-refractivity contribution in [3.8, 4) is 5.75 Å². The molecule has 3 rings (SSSR count). The van der Waals surface area contributed by atoms with Gasteiger partial charge in [0, 0.05) is 11.6 Å². The molecule has 1 aromatic carbocycles. The lowest BCUT2D eigenvalue weighted by molar-refractivity contribution is -0.922. The zero-order valence-electron chi connectivity index (χ0n) is 12.6. The summed E-state index contributed by atoms with van der Waals surface area (Å²) in [5, 5.41) is 0. The van der Waals surface area contributed by atoms with Gasteiger partial charge in [-0.1, -0.05) is 0 Å². The Kier molecular flexibility index (Phi) is 4.71. The highest BCUT2D eigenvalue weighted by atomic mass is 35.5. The highest BCUT2D eigenvalue weighted by molar-refractivity contribution is 6.22. The van der Waals surface area contributed by atoms with Crippen molar-refractivity contribution in [2.24, 2.45) is 0 Å². The van der Waals surface area contributed by atoms with Crippen molar-refractivity contribution in [2.45, 2.75) is 18.0 Å². The number of halogens is 3. The van der Waals surface area contributed by atoms with E-state index in [9.17, 15) is 18.4 Å². The second kappa shape index (κ2) is 6.62. The number of amides is 2. The predicted molar refractivity (Wildman–Crippen MR) is 80.3 cm³/mol. The van der Waals surface area contributed by atoms with E-state index in [0.717, 1.165) is 9.80 Å².